The van der Waals surface area contributed by atoms with Crippen LogP contribution in [0, 0.1) is 0 Å². The fourth-order valence-electron chi connectivity index (χ4n) is 12.1. The molecule has 0 amide bonds. The van der Waals surface area contributed by atoms with Gasteiger partial charge >= 0.3 is 23.9 Å². The van der Waals surface area contributed by atoms with Gasteiger partial charge in [-0.05, 0) is 136 Å². The molecule has 0 saturated heterocycles. The Morgan fingerprint density at radius 1 is 0.433 bits per heavy atom. The van der Waals surface area contributed by atoms with Gasteiger partial charge in [-0.1, -0.05) is 234 Å². The maximum absolute atomic E-state index is 12.9. The fourth-order valence-corrected chi connectivity index (χ4v) is 13.4. The number of carboxylic acids is 2. The van der Waals surface area contributed by atoms with Crippen molar-refractivity contribution in [1.82, 2.24) is 19.1 Å². The number of carbonyl (C=O) groups is 4. The van der Waals surface area contributed by atoms with Gasteiger partial charge in [0.05, 0.1) is 110 Å². The molecule has 120 heavy (non-hydrogen) atoms. The molecular weight excluding hydrogens is 1820 g/mol. The van der Waals surface area contributed by atoms with Gasteiger partial charge in [0, 0.05) is 49.9 Å². The SMILES string of the molecule is C.C.C=CCBr.C=CCOc1c(Cl)ccc2c(=O)c3ccccc3[nH]c12.C=CCOc1c(Cl)ccc2c(=O)c3ccccc3n(CC(=O)O)c12.C=CCOc1c(Cl)ccc2c(=O)c3ccccc3n(CC(=O)OCC)c12.CCOC(=O)CI.CCOc1c(Cl)cccc1Cc1ccccc1C(=O)O.O=c1c2ccccc2[nH]c2c(O)c(Cl)ccc12. The summed E-state index contributed by atoms with van der Waals surface area (Å²) in [5, 5.41) is 35.1. The van der Waals surface area contributed by atoms with Crippen molar-refractivity contribution in [2.75, 3.05) is 49.4 Å². The lowest BCUT2D eigenvalue weighted by Gasteiger charge is -2.18. The number of pyridine rings is 4. The van der Waals surface area contributed by atoms with Crippen LogP contribution in [0.4, 0.5) is 0 Å². The van der Waals surface area contributed by atoms with Crippen molar-refractivity contribution in [3.8, 4) is 28.7 Å². The molecule has 0 aliphatic heterocycles. The maximum atomic E-state index is 12.9. The predicted octanol–water partition coefficient (Wildman–Crippen LogP) is 22.2. The van der Waals surface area contributed by atoms with E-state index in [9.17, 15) is 53.7 Å². The molecule has 14 rings (SSSR count). The molecule has 0 saturated carbocycles. The third kappa shape index (κ3) is 24.2. The minimum absolute atomic E-state index is 0. The highest BCUT2D eigenvalue weighted by Gasteiger charge is 2.23. The highest BCUT2D eigenvalue weighted by atomic mass is 127. The van der Waals surface area contributed by atoms with Crippen LogP contribution in [0.1, 0.15) is 57.1 Å². The molecule has 4 heterocycles. The van der Waals surface area contributed by atoms with Crippen LogP contribution in [0.25, 0.3) is 87.2 Å². The zero-order chi connectivity index (χ0) is 85.7. The average Bonchev–Trinajstić information content (AvgIpc) is 0.749. The number of benzene rings is 10. The average molecular weight is 1900 g/mol. The van der Waals surface area contributed by atoms with E-state index >= 15 is 0 Å². The minimum Gasteiger partial charge on any atom is -0.504 e. The lowest BCUT2D eigenvalue weighted by Crippen LogP contribution is -2.19. The molecule has 0 aliphatic carbocycles. The standard InChI is InChI=1S/C20H18ClNO4.C18H14ClNO4.C16H12ClNO2.C16H15ClO3.C13H8ClNO2.C4H7IO2.C3H5Br.2CH4/c1-3-11-26-20-15(21)10-9-14-18(20)22(12-17(23)25-4-2)16-8-6-5-7-13(16)19(14)24;1-2-9-24-18-13(19)8-7-12-16(18)20(10-15(21)22)14-6-4-3-5-11(14)17(12)23;1-2-9-20-16-12(17)8-7-11-14(16)18-13-6-4-3-5-10(13)15(11)19;1-2-20-15-12(7-5-9-14(15)17)10-11-6-3-4-8-13(11)16(18)19;14-9-6-5-8-11(13(9)17)15-10-4-2-1-3-7(10)12(8)16;1-2-7-4(6)3-5;1-2-3-4;;/h3,5-10H,1,4,11-12H2,2H3;2-8H,1,9-10H2,(H,21,22);2-8H,1,9H2,(H,18,19);3-9H,2,10H2,1H3,(H,18,19);1-6,17H,(H,15,16);2-3H2,1H3;2H,1,3H2;2*1H4. The quantitative estimate of drug-likeness (QED) is 0.0138. The number of aromatic carboxylic acids is 1. The summed E-state index contributed by atoms with van der Waals surface area (Å²) in [5.41, 5.74) is 5.85. The largest absolute Gasteiger partial charge is 0.504 e. The van der Waals surface area contributed by atoms with Crippen LogP contribution in [0.2, 0.25) is 25.1 Å². The van der Waals surface area contributed by atoms with Crippen molar-refractivity contribution in [2.24, 2.45) is 0 Å². The highest BCUT2D eigenvalue weighted by molar-refractivity contribution is 14.1. The fraction of sp³-hybridized carbons (Fsp3) is 0.174. The third-order valence-corrected chi connectivity index (χ3v) is 19.7. The van der Waals surface area contributed by atoms with E-state index in [0.717, 1.165) is 22.0 Å². The Labute approximate surface area is 738 Å². The number of para-hydroxylation sites is 5. The zero-order valence-corrected chi connectivity index (χ0v) is 71.4. The Kier molecular flexibility index (Phi) is 39.0. The normalized spacial score (nSPS) is 10.3. The number of fused-ring (bicyclic) bond motifs is 8. The Bertz CT molecular complexity index is 6330. The van der Waals surface area contributed by atoms with Gasteiger partial charge in [-0.3, -0.25) is 33.6 Å². The zero-order valence-electron chi connectivity index (χ0n) is 63.9. The van der Waals surface area contributed by atoms with E-state index in [1.54, 1.807) is 181 Å². The summed E-state index contributed by atoms with van der Waals surface area (Å²) < 4.78 is 35.8. The lowest BCUT2D eigenvalue weighted by atomic mass is 9.99. The number of aromatic hydroxyl groups is 1. The predicted molar refractivity (Wildman–Crippen MR) is 500 cm³/mol. The monoisotopic (exact) mass is 1900 g/mol. The number of phenols is 1. The van der Waals surface area contributed by atoms with E-state index in [0.29, 0.717) is 155 Å². The van der Waals surface area contributed by atoms with Crippen LogP contribution in [-0.4, -0.2) is 108 Å². The number of rotatable bonds is 22. The number of nitrogens with zero attached hydrogens (tertiary/aromatic N) is 2. The van der Waals surface area contributed by atoms with E-state index in [2.05, 4.69) is 57.0 Å². The Morgan fingerprint density at radius 3 is 1.28 bits per heavy atom. The number of esters is 2. The van der Waals surface area contributed by atoms with Crippen LogP contribution in [-0.2, 0) is 43.4 Å². The number of alkyl halides is 2. The Balaban J connectivity index is 0.000000225. The number of halogens is 7. The molecule has 4 aromatic heterocycles. The van der Waals surface area contributed by atoms with Gasteiger partial charge in [0.1, 0.15) is 38.7 Å². The molecule has 0 aliphatic rings. The van der Waals surface area contributed by atoms with Crippen molar-refractivity contribution in [3.05, 3.63) is 321 Å². The second kappa shape index (κ2) is 48.0. The molecule has 5 N–H and O–H groups in total. The molecule has 0 fully saturated rings. The molecule has 0 radical (unpaired) electrons. The number of hydrogen-bond acceptors (Lipinski definition) is 15. The van der Waals surface area contributed by atoms with Gasteiger partial charge in [-0.25, -0.2) is 4.79 Å². The van der Waals surface area contributed by atoms with Crippen LogP contribution >= 0.6 is 96.5 Å². The van der Waals surface area contributed by atoms with Gasteiger partial charge < -0.3 is 62.8 Å². The smallest absolute Gasteiger partial charge is 0.335 e. The summed E-state index contributed by atoms with van der Waals surface area (Å²) in [6.45, 7) is 21.3. The van der Waals surface area contributed by atoms with Gasteiger partial charge in [0.15, 0.2) is 44.7 Å². The summed E-state index contributed by atoms with van der Waals surface area (Å²) in [5.74, 6) is -0.870. The van der Waals surface area contributed by atoms with Crippen LogP contribution in [0.3, 0.4) is 0 Å². The molecular formula is C92H87BrCl5IN4O17. The molecule has 21 nitrogen and oxygen atoms in total. The van der Waals surface area contributed by atoms with Crippen molar-refractivity contribution in [2.45, 2.75) is 55.1 Å². The van der Waals surface area contributed by atoms with Gasteiger partial charge in [0.25, 0.3) is 0 Å². The summed E-state index contributed by atoms with van der Waals surface area (Å²) >= 11 is 35.8. The number of hydrogen-bond donors (Lipinski definition) is 5. The third-order valence-electron chi connectivity index (χ3n) is 17.1. The number of aliphatic carboxylic acids is 1. The topological polar surface area (TPSA) is 294 Å². The number of phenolic OH excluding ortho intramolecular Hbond substituents is 1. The molecule has 28 heteroatoms. The van der Waals surface area contributed by atoms with Crippen molar-refractivity contribution >= 4 is 208 Å². The molecule has 0 spiro atoms. The number of ether oxygens (including phenoxy) is 6. The number of allylic oxidation sites excluding steroid dienone is 1. The first-order chi connectivity index (χ1) is 56.9. The molecule has 0 atom stereocenters. The van der Waals surface area contributed by atoms with Gasteiger partial charge in [-0.2, -0.15) is 0 Å². The number of carboxylic acid groups (broad SMARTS) is 2. The van der Waals surface area contributed by atoms with E-state index in [1.165, 1.54) is 6.07 Å². The van der Waals surface area contributed by atoms with E-state index < -0.39 is 17.9 Å². The van der Waals surface area contributed by atoms with Crippen molar-refractivity contribution < 1.29 is 62.9 Å². The summed E-state index contributed by atoms with van der Waals surface area (Å²) in [6.07, 6.45) is 7.03. The highest BCUT2D eigenvalue weighted by Crippen LogP contribution is 2.38. The first-order valence-corrected chi connectivity index (χ1v) is 40.7. The van der Waals surface area contributed by atoms with Gasteiger partial charge in [-0.15, -0.1) is 6.58 Å². The van der Waals surface area contributed by atoms with E-state index in [1.807, 2.05) is 78.0 Å². The number of aromatic amines is 2. The maximum Gasteiger partial charge on any atom is 0.335 e. The molecule has 0 bridgehead atoms. The number of nitrogens with one attached hydrogen (secondary N) is 2. The lowest BCUT2D eigenvalue weighted by molar-refractivity contribution is -0.143. The number of carbonyl (C=O) groups excluding carboxylic acids is 2. The minimum atomic E-state index is -1.03. The Morgan fingerprint density at radius 2 is 0.825 bits per heavy atom. The molecule has 14 aromatic rings. The summed E-state index contributed by atoms with van der Waals surface area (Å²) in [7, 11) is 0. The molecule has 10 aromatic carbocycles. The summed E-state index contributed by atoms with van der Waals surface area (Å²) in [6, 6.07) is 53.9. The molecule has 0 unspecified atom stereocenters. The number of H-pyrrole nitrogens is 2. The van der Waals surface area contributed by atoms with Crippen LogP contribution < -0.4 is 40.7 Å². The molecule has 626 valence electrons. The van der Waals surface area contributed by atoms with Crippen molar-refractivity contribution in [3.63, 3.8) is 0 Å². The Hall–Kier alpha value is -11.4. The first-order valence-electron chi connectivity index (χ1n) is 36.2. The first kappa shape index (κ1) is 97.4. The summed E-state index contributed by atoms with van der Waals surface area (Å²) in [4.78, 5) is 102. The van der Waals surface area contributed by atoms with Gasteiger partial charge in [0.2, 0.25) is 0 Å². The second-order valence-corrected chi connectivity index (χ2v) is 28.2. The van der Waals surface area contributed by atoms with E-state index in [4.69, 9.17) is 81.7 Å². The van der Waals surface area contributed by atoms with E-state index in [-0.39, 0.29) is 92.0 Å². The van der Waals surface area contributed by atoms with Crippen LogP contribution in [0.5, 0.6) is 28.7 Å². The van der Waals surface area contributed by atoms with Crippen LogP contribution in [0.15, 0.2) is 258 Å². The second-order valence-electron chi connectivity index (χ2n) is 24.7. The van der Waals surface area contributed by atoms with Crippen molar-refractivity contribution in [1.29, 1.82) is 0 Å². The number of aromatic nitrogens is 4.